The summed E-state index contributed by atoms with van der Waals surface area (Å²) in [6.07, 6.45) is -4.84. The maximum atomic E-state index is 12.7. The maximum absolute atomic E-state index is 12.7. The van der Waals surface area contributed by atoms with Crippen LogP contribution in [0.15, 0.2) is 0 Å². The Morgan fingerprint density at radius 3 is 2.58 bits per heavy atom. The molecule has 7 nitrogen and oxygen atoms in total. The van der Waals surface area contributed by atoms with Gasteiger partial charge in [0.1, 0.15) is 0 Å². The summed E-state index contributed by atoms with van der Waals surface area (Å²) in [5.41, 5.74) is -2.51. The number of alkyl halides is 3. The number of ether oxygens (including phenoxy) is 2. The quantitative estimate of drug-likeness (QED) is 0.740. The van der Waals surface area contributed by atoms with Crippen LogP contribution in [-0.2, 0) is 22.2 Å². The molecule has 0 fully saturated rings. The first-order valence-corrected chi connectivity index (χ1v) is 5.18. The molecule has 0 radical (unpaired) electrons. The minimum atomic E-state index is -4.84. The summed E-state index contributed by atoms with van der Waals surface area (Å²) in [4.78, 5) is 10.6. The van der Waals surface area contributed by atoms with Gasteiger partial charge in [0.05, 0.1) is 26.4 Å². The molecule has 0 amide bonds. The van der Waals surface area contributed by atoms with Gasteiger partial charge in [0.2, 0.25) is 5.69 Å². The number of methoxy groups -OCH3 is 1. The minimum absolute atomic E-state index is 0.0607. The fourth-order valence-electron chi connectivity index (χ4n) is 1.29. The molecule has 0 aromatic carbocycles. The third-order valence-electron chi connectivity index (χ3n) is 2.09. The normalized spacial score (nSPS) is 11.8. The molecule has 0 saturated heterocycles. The van der Waals surface area contributed by atoms with Crippen LogP contribution in [0.2, 0.25) is 0 Å². The Hall–Kier alpha value is -1.68. The number of hydrogen-bond acceptors (Lipinski definition) is 5. The Morgan fingerprint density at radius 1 is 1.37 bits per heavy atom. The van der Waals surface area contributed by atoms with Crippen LogP contribution in [0.1, 0.15) is 16.2 Å². The Balaban J connectivity index is 2.76. The van der Waals surface area contributed by atoms with Crippen molar-refractivity contribution in [1.29, 1.82) is 0 Å². The fourth-order valence-corrected chi connectivity index (χ4v) is 1.29. The topological polar surface area (TPSA) is 86.5 Å². The van der Waals surface area contributed by atoms with Crippen molar-refractivity contribution in [3.8, 4) is 0 Å². The zero-order chi connectivity index (χ0) is 14.5. The van der Waals surface area contributed by atoms with E-state index in [4.69, 9.17) is 14.6 Å². The van der Waals surface area contributed by atoms with Gasteiger partial charge in [-0.05, 0) is 0 Å². The summed E-state index contributed by atoms with van der Waals surface area (Å²) in [7, 11) is 1.46. The molecule has 0 atom stereocenters. The van der Waals surface area contributed by atoms with Gasteiger partial charge in [0, 0.05) is 7.11 Å². The molecule has 1 heterocycles. The van der Waals surface area contributed by atoms with E-state index < -0.39 is 23.5 Å². The number of aromatic nitrogens is 3. The number of carbonyl (C=O) groups is 1. The van der Waals surface area contributed by atoms with E-state index >= 15 is 0 Å². The van der Waals surface area contributed by atoms with E-state index in [0.29, 0.717) is 11.3 Å². The Morgan fingerprint density at radius 2 is 2.05 bits per heavy atom. The lowest BCUT2D eigenvalue weighted by Crippen LogP contribution is -2.20. The molecule has 0 aliphatic heterocycles. The van der Waals surface area contributed by atoms with Crippen LogP contribution in [0, 0.1) is 0 Å². The first kappa shape index (κ1) is 15.4. The molecule has 1 N–H and O–H groups in total. The highest BCUT2D eigenvalue weighted by Crippen LogP contribution is 2.30. The highest BCUT2D eigenvalue weighted by Gasteiger charge is 2.41. The van der Waals surface area contributed by atoms with E-state index in [1.165, 1.54) is 7.11 Å². The van der Waals surface area contributed by atoms with Crippen LogP contribution in [0.25, 0.3) is 0 Å². The SMILES string of the molecule is COCCOCCn1nnc(C(=O)O)c1C(F)(F)F. The molecule has 0 aliphatic carbocycles. The van der Waals surface area contributed by atoms with E-state index in [0.717, 1.165) is 0 Å². The molecule has 1 aromatic rings. The molecule has 1 aromatic heterocycles. The molecule has 0 unspecified atom stereocenters. The van der Waals surface area contributed by atoms with Crippen LogP contribution in [0.4, 0.5) is 13.2 Å². The molecular weight excluding hydrogens is 271 g/mol. The molecule has 0 spiro atoms. The van der Waals surface area contributed by atoms with Gasteiger partial charge in [-0.15, -0.1) is 5.10 Å². The molecule has 10 heteroatoms. The van der Waals surface area contributed by atoms with Crippen molar-refractivity contribution in [2.24, 2.45) is 0 Å². The maximum Gasteiger partial charge on any atom is 0.435 e. The molecule has 0 aliphatic rings. The predicted octanol–water partition coefficient (Wildman–Crippen LogP) is 0.658. The van der Waals surface area contributed by atoms with Crippen LogP contribution in [0.3, 0.4) is 0 Å². The molecule has 1 rings (SSSR count). The van der Waals surface area contributed by atoms with Gasteiger partial charge in [-0.3, -0.25) is 0 Å². The van der Waals surface area contributed by atoms with Crippen molar-refractivity contribution in [1.82, 2.24) is 15.0 Å². The number of nitrogens with zero attached hydrogens (tertiary/aromatic N) is 3. The van der Waals surface area contributed by atoms with Gasteiger partial charge in [0.15, 0.2) is 5.69 Å². The van der Waals surface area contributed by atoms with Gasteiger partial charge in [-0.1, -0.05) is 5.21 Å². The van der Waals surface area contributed by atoms with Crippen LogP contribution in [0.5, 0.6) is 0 Å². The Bertz CT molecular complexity index is 433. The summed E-state index contributed by atoms with van der Waals surface area (Å²) in [5, 5.41) is 14.8. The smallest absolute Gasteiger partial charge is 0.435 e. The summed E-state index contributed by atoms with van der Waals surface area (Å²) in [6.45, 7) is 0.218. The standard InChI is InChI=1S/C9H12F3N3O4/c1-18-4-5-19-3-2-15-7(9(10,11)12)6(8(16)17)13-14-15/h2-5H2,1H3,(H,16,17). The van der Waals surface area contributed by atoms with Crippen LogP contribution >= 0.6 is 0 Å². The Labute approximate surface area is 105 Å². The first-order chi connectivity index (χ1) is 8.88. The molecule has 0 saturated carbocycles. The molecule has 108 valence electrons. The van der Waals surface area contributed by atoms with Gasteiger partial charge in [-0.2, -0.15) is 13.2 Å². The van der Waals surface area contributed by atoms with E-state index in [1.54, 1.807) is 0 Å². The predicted molar refractivity (Wildman–Crippen MR) is 54.7 cm³/mol. The van der Waals surface area contributed by atoms with E-state index in [-0.39, 0.29) is 19.8 Å². The zero-order valence-electron chi connectivity index (χ0n) is 9.98. The third-order valence-corrected chi connectivity index (χ3v) is 2.09. The second-order valence-corrected chi connectivity index (χ2v) is 3.42. The largest absolute Gasteiger partial charge is 0.476 e. The second-order valence-electron chi connectivity index (χ2n) is 3.42. The van der Waals surface area contributed by atoms with E-state index in [2.05, 4.69) is 10.3 Å². The monoisotopic (exact) mass is 283 g/mol. The summed E-state index contributed by atoms with van der Waals surface area (Å²) in [5.74, 6) is -1.78. The lowest BCUT2D eigenvalue weighted by Gasteiger charge is -2.10. The lowest BCUT2D eigenvalue weighted by atomic mass is 10.3. The summed E-state index contributed by atoms with van der Waals surface area (Å²) >= 11 is 0. The lowest BCUT2D eigenvalue weighted by molar-refractivity contribution is -0.145. The number of carboxylic acid groups (broad SMARTS) is 1. The van der Waals surface area contributed by atoms with Crippen molar-refractivity contribution >= 4 is 5.97 Å². The number of halogens is 3. The van der Waals surface area contributed by atoms with Crippen molar-refractivity contribution in [2.45, 2.75) is 12.7 Å². The minimum Gasteiger partial charge on any atom is -0.476 e. The van der Waals surface area contributed by atoms with Crippen molar-refractivity contribution in [3.63, 3.8) is 0 Å². The summed E-state index contributed by atoms with van der Waals surface area (Å²) in [6, 6.07) is 0. The van der Waals surface area contributed by atoms with E-state index in [9.17, 15) is 18.0 Å². The van der Waals surface area contributed by atoms with Crippen LogP contribution in [-0.4, -0.2) is 53.0 Å². The van der Waals surface area contributed by atoms with Gasteiger partial charge >= 0.3 is 12.1 Å². The fraction of sp³-hybridized carbons (Fsp3) is 0.667. The zero-order valence-corrected chi connectivity index (χ0v) is 9.98. The van der Waals surface area contributed by atoms with Crippen LogP contribution < -0.4 is 0 Å². The second kappa shape index (κ2) is 6.48. The van der Waals surface area contributed by atoms with Crippen molar-refractivity contribution in [3.05, 3.63) is 11.4 Å². The highest BCUT2D eigenvalue weighted by molar-refractivity contribution is 5.86. The first-order valence-electron chi connectivity index (χ1n) is 5.18. The Kier molecular flexibility index (Phi) is 5.24. The molecular formula is C9H12F3N3O4. The number of aromatic carboxylic acids is 1. The number of carboxylic acids is 1. The van der Waals surface area contributed by atoms with Gasteiger partial charge in [-0.25, -0.2) is 9.48 Å². The average Bonchev–Trinajstić information content (AvgIpc) is 2.72. The van der Waals surface area contributed by atoms with E-state index in [1.807, 2.05) is 0 Å². The highest BCUT2D eigenvalue weighted by atomic mass is 19.4. The third kappa shape index (κ3) is 4.17. The van der Waals surface area contributed by atoms with Crippen molar-refractivity contribution < 1.29 is 32.5 Å². The van der Waals surface area contributed by atoms with Crippen molar-refractivity contribution in [2.75, 3.05) is 26.9 Å². The molecule has 19 heavy (non-hydrogen) atoms. The number of rotatable bonds is 7. The average molecular weight is 283 g/mol. The molecule has 0 bridgehead atoms. The summed E-state index contributed by atoms with van der Waals surface area (Å²) < 4.78 is 48.3. The number of hydrogen-bond donors (Lipinski definition) is 1. The van der Waals surface area contributed by atoms with Gasteiger partial charge < -0.3 is 14.6 Å². The van der Waals surface area contributed by atoms with Gasteiger partial charge in [0.25, 0.3) is 0 Å².